The number of hydrogen-bond acceptors (Lipinski definition) is 4. The van der Waals surface area contributed by atoms with E-state index in [1.54, 1.807) is 0 Å². The lowest BCUT2D eigenvalue weighted by molar-refractivity contribution is -0.123. The van der Waals surface area contributed by atoms with Crippen LogP contribution in [0.15, 0.2) is 12.7 Å². The summed E-state index contributed by atoms with van der Waals surface area (Å²) in [4.78, 5) is 15.6. The first-order valence-electron chi connectivity index (χ1n) is 7.60. The van der Waals surface area contributed by atoms with Crippen molar-refractivity contribution in [2.75, 3.05) is 6.54 Å². The summed E-state index contributed by atoms with van der Waals surface area (Å²) in [6.45, 7) is 7.21. The molecule has 2 rings (SSSR count). The Morgan fingerprint density at radius 3 is 2.62 bits per heavy atom. The van der Waals surface area contributed by atoms with Crippen LogP contribution >= 0.6 is 0 Å². The first-order valence-corrected chi connectivity index (χ1v) is 7.60. The molecule has 1 aromatic rings. The van der Waals surface area contributed by atoms with Crippen LogP contribution in [0, 0.1) is 11.3 Å². The highest BCUT2D eigenvalue weighted by Crippen LogP contribution is 2.41. The summed E-state index contributed by atoms with van der Waals surface area (Å²) in [7, 11) is 0. The maximum atomic E-state index is 11.8. The topological polar surface area (TPSA) is 80.0 Å². The Bertz CT molecular complexity index is 457. The standard InChI is InChI=1S/C15H26N4O2/c1-14(2,3)12-4-6-15(21,7-5-12)9-17-13(20)8-19-11-16-10-18-19/h10-12,21H,4-9H2,1-3H3,(H,17,20). The van der Waals surface area contributed by atoms with Gasteiger partial charge in [-0.1, -0.05) is 20.8 Å². The number of aliphatic hydroxyl groups is 1. The number of hydrogen-bond donors (Lipinski definition) is 2. The zero-order valence-corrected chi connectivity index (χ0v) is 13.2. The molecule has 1 fully saturated rings. The first-order chi connectivity index (χ1) is 9.78. The summed E-state index contributed by atoms with van der Waals surface area (Å²) in [6.07, 6.45) is 6.42. The van der Waals surface area contributed by atoms with Crippen LogP contribution in [-0.2, 0) is 11.3 Å². The lowest BCUT2D eigenvalue weighted by atomic mass is 9.68. The Morgan fingerprint density at radius 2 is 2.10 bits per heavy atom. The highest BCUT2D eigenvalue weighted by atomic mass is 16.3. The molecule has 1 aromatic heterocycles. The van der Waals surface area contributed by atoms with Gasteiger partial charge in [-0.2, -0.15) is 5.10 Å². The number of carbonyl (C=O) groups excluding carboxylic acids is 1. The van der Waals surface area contributed by atoms with Crippen LogP contribution in [0.2, 0.25) is 0 Å². The lowest BCUT2D eigenvalue weighted by Gasteiger charge is -2.41. The van der Waals surface area contributed by atoms with E-state index in [0.717, 1.165) is 25.7 Å². The van der Waals surface area contributed by atoms with Crippen molar-refractivity contribution in [1.82, 2.24) is 20.1 Å². The van der Waals surface area contributed by atoms with Crippen LogP contribution in [-0.4, -0.2) is 37.9 Å². The zero-order valence-electron chi connectivity index (χ0n) is 13.2. The highest BCUT2D eigenvalue weighted by molar-refractivity contribution is 5.75. The van der Waals surface area contributed by atoms with E-state index in [0.29, 0.717) is 12.5 Å². The molecule has 2 N–H and O–H groups in total. The fraction of sp³-hybridized carbons (Fsp3) is 0.800. The molecule has 6 heteroatoms. The molecule has 0 aliphatic heterocycles. The average molecular weight is 294 g/mol. The molecule has 0 spiro atoms. The van der Waals surface area contributed by atoms with Gasteiger partial charge < -0.3 is 10.4 Å². The number of nitrogens with one attached hydrogen (secondary N) is 1. The van der Waals surface area contributed by atoms with Crippen LogP contribution in [0.5, 0.6) is 0 Å². The molecule has 0 unspecified atom stereocenters. The van der Waals surface area contributed by atoms with Crippen molar-refractivity contribution >= 4 is 5.91 Å². The van der Waals surface area contributed by atoms with E-state index in [-0.39, 0.29) is 17.9 Å². The van der Waals surface area contributed by atoms with Gasteiger partial charge in [-0.05, 0) is 37.0 Å². The summed E-state index contributed by atoms with van der Waals surface area (Å²) in [5, 5.41) is 17.3. The van der Waals surface area contributed by atoms with Crippen LogP contribution in [0.1, 0.15) is 46.5 Å². The Hall–Kier alpha value is -1.43. The second-order valence-corrected chi connectivity index (χ2v) is 7.23. The number of amides is 1. The molecular formula is C15H26N4O2. The van der Waals surface area contributed by atoms with Crippen LogP contribution in [0.3, 0.4) is 0 Å². The van der Waals surface area contributed by atoms with E-state index in [1.807, 2.05) is 0 Å². The average Bonchev–Trinajstić information content (AvgIpc) is 2.89. The molecule has 0 saturated heterocycles. The maximum absolute atomic E-state index is 11.8. The van der Waals surface area contributed by atoms with E-state index in [1.165, 1.54) is 17.3 Å². The summed E-state index contributed by atoms with van der Waals surface area (Å²) in [5.41, 5.74) is -0.475. The van der Waals surface area contributed by atoms with Gasteiger partial charge in [-0.3, -0.25) is 4.79 Å². The molecule has 0 aromatic carbocycles. The molecule has 0 radical (unpaired) electrons. The maximum Gasteiger partial charge on any atom is 0.241 e. The van der Waals surface area contributed by atoms with Gasteiger partial charge in [0.15, 0.2) is 0 Å². The van der Waals surface area contributed by atoms with Crippen molar-refractivity contribution in [3.8, 4) is 0 Å². The normalized spacial score (nSPS) is 26.6. The van der Waals surface area contributed by atoms with Gasteiger partial charge in [-0.25, -0.2) is 9.67 Å². The van der Waals surface area contributed by atoms with E-state index in [2.05, 4.69) is 36.2 Å². The highest BCUT2D eigenvalue weighted by Gasteiger charge is 2.37. The van der Waals surface area contributed by atoms with Crippen LogP contribution in [0.25, 0.3) is 0 Å². The number of nitrogens with zero attached hydrogens (tertiary/aromatic N) is 3. The second kappa shape index (κ2) is 6.13. The van der Waals surface area contributed by atoms with Crippen molar-refractivity contribution in [3.05, 3.63) is 12.7 Å². The Labute approximate surface area is 126 Å². The SMILES string of the molecule is CC(C)(C)C1CCC(O)(CNC(=O)Cn2cncn2)CC1. The van der Waals surface area contributed by atoms with E-state index in [4.69, 9.17) is 0 Å². The smallest absolute Gasteiger partial charge is 0.241 e. The third-order valence-corrected chi connectivity index (χ3v) is 4.53. The molecule has 1 amide bonds. The second-order valence-electron chi connectivity index (χ2n) is 7.23. The van der Waals surface area contributed by atoms with Gasteiger partial charge in [0.2, 0.25) is 5.91 Å². The van der Waals surface area contributed by atoms with Crippen molar-refractivity contribution in [2.45, 2.75) is 58.6 Å². The van der Waals surface area contributed by atoms with Gasteiger partial charge in [0.25, 0.3) is 0 Å². The van der Waals surface area contributed by atoms with E-state index in [9.17, 15) is 9.90 Å². The van der Waals surface area contributed by atoms with E-state index < -0.39 is 5.60 Å². The molecule has 118 valence electrons. The van der Waals surface area contributed by atoms with Gasteiger partial charge in [-0.15, -0.1) is 0 Å². The molecule has 6 nitrogen and oxygen atoms in total. The Morgan fingerprint density at radius 1 is 1.43 bits per heavy atom. The Kier molecular flexibility index (Phi) is 4.66. The van der Waals surface area contributed by atoms with Crippen molar-refractivity contribution in [3.63, 3.8) is 0 Å². The largest absolute Gasteiger partial charge is 0.388 e. The minimum atomic E-state index is -0.764. The molecule has 1 heterocycles. The van der Waals surface area contributed by atoms with Gasteiger partial charge in [0.1, 0.15) is 19.2 Å². The minimum absolute atomic E-state index is 0.140. The summed E-state index contributed by atoms with van der Waals surface area (Å²) in [5.74, 6) is 0.496. The van der Waals surface area contributed by atoms with Crippen LogP contribution in [0.4, 0.5) is 0 Å². The molecule has 0 atom stereocenters. The molecule has 21 heavy (non-hydrogen) atoms. The van der Waals surface area contributed by atoms with Gasteiger partial charge in [0.05, 0.1) is 5.60 Å². The molecule has 1 aliphatic rings. The zero-order chi connectivity index (χ0) is 15.5. The van der Waals surface area contributed by atoms with Crippen molar-refractivity contribution < 1.29 is 9.90 Å². The quantitative estimate of drug-likeness (QED) is 0.878. The van der Waals surface area contributed by atoms with Crippen molar-refractivity contribution in [1.29, 1.82) is 0 Å². The van der Waals surface area contributed by atoms with Crippen LogP contribution < -0.4 is 5.32 Å². The summed E-state index contributed by atoms with van der Waals surface area (Å²) >= 11 is 0. The predicted octanol–water partition coefficient (Wildman–Crippen LogP) is 1.36. The number of rotatable bonds is 4. The monoisotopic (exact) mass is 294 g/mol. The third kappa shape index (κ3) is 4.52. The fourth-order valence-electron chi connectivity index (χ4n) is 2.98. The van der Waals surface area contributed by atoms with Gasteiger partial charge in [0, 0.05) is 6.54 Å². The first kappa shape index (κ1) is 15.9. The van der Waals surface area contributed by atoms with Crippen molar-refractivity contribution in [2.24, 2.45) is 11.3 Å². The fourth-order valence-corrected chi connectivity index (χ4v) is 2.98. The summed E-state index contributed by atoms with van der Waals surface area (Å²) in [6, 6.07) is 0. The molecule has 1 aliphatic carbocycles. The number of aromatic nitrogens is 3. The lowest BCUT2D eigenvalue weighted by Crippen LogP contribution is -2.47. The van der Waals surface area contributed by atoms with Gasteiger partial charge >= 0.3 is 0 Å². The third-order valence-electron chi connectivity index (χ3n) is 4.53. The minimum Gasteiger partial charge on any atom is -0.388 e. The Balaban J connectivity index is 1.77. The van der Waals surface area contributed by atoms with E-state index >= 15 is 0 Å². The summed E-state index contributed by atoms with van der Waals surface area (Å²) < 4.78 is 1.47. The predicted molar refractivity (Wildman–Crippen MR) is 79.4 cm³/mol. The molecule has 1 saturated carbocycles. The molecular weight excluding hydrogens is 268 g/mol. The number of carbonyl (C=O) groups is 1. The molecule has 0 bridgehead atoms.